The highest BCUT2D eigenvalue weighted by molar-refractivity contribution is 5.76. The van der Waals surface area contributed by atoms with Gasteiger partial charge in [-0.1, -0.05) is 12.1 Å². The molecule has 122 valence electrons. The van der Waals surface area contributed by atoms with Crippen LogP contribution in [0.1, 0.15) is 24.8 Å². The van der Waals surface area contributed by atoms with Gasteiger partial charge in [0.05, 0.1) is 0 Å². The minimum atomic E-state index is -2.85. The first-order valence-electron chi connectivity index (χ1n) is 6.88. The van der Waals surface area contributed by atoms with Crippen LogP contribution in [0.25, 0.3) is 0 Å². The third kappa shape index (κ3) is 7.01. The van der Waals surface area contributed by atoms with Crippen LogP contribution in [0.4, 0.5) is 8.78 Å². The van der Waals surface area contributed by atoms with Crippen LogP contribution in [0, 0.1) is 0 Å². The Morgan fingerprint density at radius 2 is 1.86 bits per heavy atom. The molecule has 22 heavy (non-hydrogen) atoms. The van der Waals surface area contributed by atoms with Crippen molar-refractivity contribution in [3.8, 4) is 5.75 Å². The summed E-state index contributed by atoms with van der Waals surface area (Å²) in [5.74, 6) is -0.888. The molecule has 0 unspecified atom stereocenters. The molecule has 0 aliphatic carbocycles. The van der Waals surface area contributed by atoms with Crippen molar-refractivity contribution in [3.05, 3.63) is 29.8 Å². The Morgan fingerprint density at radius 3 is 2.41 bits per heavy atom. The molecule has 1 aromatic carbocycles. The Morgan fingerprint density at radius 1 is 1.23 bits per heavy atom. The molecule has 1 N–H and O–H groups in total. The molecule has 0 aliphatic rings. The van der Waals surface area contributed by atoms with Gasteiger partial charge < -0.3 is 14.7 Å². The smallest absolute Gasteiger partial charge is 0.387 e. The lowest BCUT2D eigenvalue weighted by molar-refractivity contribution is -0.138. The Hall–Kier alpha value is -2.18. The average molecular weight is 315 g/mol. The molecule has 0 saturated heterocycles. The largest absolute Gasteiger partial charge is 0.481 e. The molecule has 0 aliphatic heterocycles. The zero-order valence-corrected chi connectivity index (χ0v) is 12.3. The summed E-state index contributed by atoms with van der Waals surface area (Å²) in [4.78, 5) is 23.8. The summed E-state index contributed by atoms with van der Waals surface area (Å²) in [6.07, 6.45) is 1.20. The van der Waals surface area contributed by atoms with Crippen molar-refractivity contribution in [1.82, 2.24) is 4.90 Å². The molecule has 5 nitrogen and oxygen atoms in total. The van der Waals surface area contributed by atoms with E-state index in [1.807, 2.05) is 0 Å². The van der Waals surface area contributed by atoms with Crippen LogP contribution in [-0.4, -0.2) is 42.1 Å². The van der Waals surface area contributed by atoms with Crippen LogP contribution in [-0.2, 0) is 16.0 Å². The first-order chi connectivity index (χ1) is 10.4. The van der Waals surface area contributed by atoms with Crippen molar-refractivity contribution < 1.29 is 28.2 Å². The molecule has 0 spiro atoms. The van der Waals surface area contributed by atoms with Crippen molar-refractivity contribution in [1.29, 1.82) is 0 Å². The van der Waals surface area contributed by atoms with Crippen LogP contribution in [0.2, 0.25) is 0 Å². The number of carbonyl (C=O) groups is 2. The van der Waals surface area contributed by atoms with E-state index < -0.39 is 12.6 Å². The summed E-state index contributed by atoms with van der Waals surface area (Å²) in [6.45, 7) is -2.46. The van der Waals surface area contributed by atoms with Crippen molar-refractivity contribution in [2.45, 2.75) is 32.3 Å². The predicted molar refractivity (Wildman–Crippen MR) is 75.9 cm³/mol. The number of hydrogen-bond donors (Lipinski definition) is 1. The number of halogens is 2. The third-order valence-corrected chi connectivity index (χ3v) is 3.09. The van der Waals surface area contributed by atoms with Gasteiger partial charge in [-0.15, -0.1) is 0 Å². The van der Waals surface area contributed by atoms with Crippen LogP contribution in [0.3, 0.4) is 0 Å². The van der Waals surface area contributed by atoms with Gasteiger partial charge in [-0.2, -0.15) is 8.78 Å². The fraction of sp³-hybridized carbons (Fsp3) is 0.467. The molecule has 1 amide bonds. The topological polar surface area (TPSA) is 66.8 Å². The van der Waals surface area contributed by atoms with Gasteiger partial charge in [0.25, 0.3) is 0 Å². The second kappa shape index (κ2) is 8.96. The number of hydrogen-bond acceptors (Lipinski definition) is 3. The molecule has 7 heteroatoms. The Labute approximate surface area is 127 Å². The van der Waals surface area contributed by atoms with E-state index in [1.165, 1.54) is 17.0 Å². The number of carboxylic acids is 1. The lowest BCUT2D eigenvalue weighted by Crippen LogP contribution is -2.28. The summed E-state index contributed by atoms with van der Waals surface area (Å²) < 4.78 is 28.3. The van der Waals surface area contributed by atoms with E-state index in [0.717, 1.165) is 5.56 Å². The molecule has 0 aromatic heterocycles. The zero-order valence-electron chi connectivity index (χ0n) is 12.3. The highest BCUT2D eigenvalue weighted by atomic mass is 19.3. The first kappa shape index (κ1) is 17.9. The van der Waals surface area contributed by atoms with E-state index in [4.69, 9.17) is 5.11 Å². The molecule has 0 bridgehead atoms. The Bertz CT molecular complexity index is 491. The van der Waals surface area contributed by atoms with Crippen LogP contribution < -0.4 is 4.74 Å². The second-order valence-corrected chi connectivity index (χ2v) is 4.84. The minimum Gasteiger partial charge on any atom is -0.481 e. The predicted octanol–water partition coefficient (Wildman–Crippen LogP) is 2.54. The molecule has 0 fully saturated rings. The number of carbonyl (C=O) groups excluding carboxylic acids is 1. The Balaban J connectivity index is 2.35. The molecule has 0 saturated carbocycles. The molecule has 1 rings (SSSR count). The maximum atomic E-state index is 12.0. The lowest BCUT2D eigenvalue weighted by Gasteiger charge is -2.16. The normalized spacial score (nSPS) is 10.5. The summed E-state index contributed by atoms with van der Waals surface area (Å²) in [7, 11) is 1.63. The van der Waals surface area contributed by atoms with Gasteiger partial charge >= 0.3 is 12.6 Å². The van der Waals surface area contributed by atoms with Crippen molar-refractivity contribution in [2.24, 2.45) is 0 Å². The third-order valence-electron chi connectivity index (χ3n) is 3.09. The summed E-state index contributed by atoms with van der Waals surface area (Å²) in [5, 5.41) is 8.53. The maximum Gasteiger partial charge on any atom is 0.387 e. The number of carboxylic acid groups (broad SMARTS) is 1. The maximum absolute atomic E-state index is 12.0. The van der Waals surface area contributed by atoms with Crippen LogP contribution >= 0.6 is 0 Å². The van der Waals surface area contributed by atoms with Crippen molar-refractivity contribution in [2.75, 3.05) is 13.6 Å². The number of ether oxygens (including phenoxy) is 1. The highest BCUT2D eigenvalue weighted by Gasteiger charge is 2.10. The van der Waals surface area contributed by atoms with Crippen molar-refractivity contribution in [3.63, 3.8) is 0 Å². The van der Waals surface area contributed by atoms with Crippen LogP contribution in [0.5, 0.6) is 5.75 Å². The monoisotopic (exact) mass is 315 g/mol. The van der Waals surface area contributed by atoms with E-state index in [0.29, 0.717) is 19.4 Å². The number of rotatable bonds is 9. The summed E-state index contributed by atoms with van der Waals surface area (Å²) in [5.41, 5.74) is 0.842. The van der Waals surface area contributed by atoms with Gasteiger partial charge in [-0.25, -0.2) is 0 Å². The number of benzene rings is 1. The van der Waals surface area contributed by atoms with Gasteiger partial charge in [0.2, 0.25) is 5.91 Å². The van der Waals surface area contributed by atoms with E-state index in [-0.39, 0.29) is 24.5 Å². The van der Waals surface area contributed by atoms with Gasteiger partial charge in [0.1, 0.15) is 5.75 Å². The van der Waals surface area contributed by atoms with E-state index >= 15 is 0 Å². The van der Waals surface area contributed by atoms with E-state index in [9.17, 15) is 18.4 Å². The summed E-state index contributed by atoms with van der Waals surface area (Å²) in [6, 6.07) is 6.13. The number of aryl methyl sites for hydroxylation is 1. The summed E-state index contributed by atoms with van der Waals surface area (Å²) >= 11 is 0. The minimum absolute atomic E-state index is 0.0310. The quantitative estimate of drug-likeness (QED) is 0.760. The molecule has 0 radical (unpaired) electrons. The van der Waals surface area contributed by atoms with E-state index in [2.05, 4.69) is 4.74 Å². The molecular formula is C15H19F2NO4. The average Bonchev–Trinajstić information content (AvgIpc) is 2.45. The highest BCUT2D eigenvalue weighted by Crippen LogP contribution is 2.16. The van der Waals surface area contributed by atoms with Gasteiger partial charge in [-0.05, 0) is 30.5 Å². The SMILES string of the molecule is CN(CCCC(=O)O)C(=O)CCc1ccc(OC(F)F)cc1. The van der Waals surface area contributed by atoms with Gasteiger partial charge in [0, 0.05) is 26.4 Å². The molecule has 1 aromatic rings. The van der Waals surface area contributed by atoms with Gasteiger partial charge in [0.15, 0.2) is 0 Å². The Kier molecular flexibility index (Phi) is 7.28. The molecule has 0 atom stereocenters. The lowest BCUT2D eigenvalue weighted by atomic mass is 10.1. The number of aliphatic carboxylic acids is 1. The zero-order chi connectivity index (χ0) is 16.5. The molecule has 0 heterocycles. The fourth-order valence-corrected chi connectivity index (χ4v) is 1.87. The second-order valence-electron chi connectivity index (χ2n) is 4.84. The first-order valence-corrected chi connectivity index (χ1v) is 6.88. The number of alkyl halides is 2. The van der Waals surface area contributed by atoms with E-state index in [1.54, 1.807) is 19.2 Å². The standard InChI is InChI=1S/C15H19F2NO4/c1-18(10-2-3-14(20)21)13(19)9-6-11-4-7-12(8-5-11)22-15(16)17/h4-5,7-8,15H,2-3,6,9-10H2,1H3,(H,20,21). The molecular weight excluding hydrogens is 296 g/mol. The number of nitrogens with zero attached hydrogens (tertiary/aromatic N) is 1. The number of amides is 1. The fourth-order valence-electron chi connectivity index (χ4n) is 1.87. The van der Waals surface area contributed by atoms with Crippen molar-refractivity contribution >= 4 is 11.9 Å². The van der Waals surface area contributed by atoms with Crippen LogP contribution in [0.15, 0.2) is 24.3 Å². The van der Waals surface area contributed by atoms with Gasteiger partial charge in [-0.3, -0.25) is 9.59 Å².